The zero-order chi connectivity index (χ0) is 22.3. The summed E-state index contributed by atoms with van der Waals surface area (Å²) in [6.45, 7) is 2.88. The molecule has 158 valence electrons. The Morgan fingerprint density at radius 3 is 2.37 bits per heavy atom. The molecule has 11 heteroatoms. The Morgan fingerprint density at radius 2 is 1.80 bits per heavy atom. The van der Waals surface area contributed by atoms with Crippen LogP contribution in [0.25, 0.3) is 0 Å². The molecule has 30 heavy (non-hydrogen) atoms. The van der Waals surface area contributed by atoms with E-state index in [2.05, 4.69) is 4.98 Å². The predicted molar refractivity (Wildman–Crippen MR) is 102 cm³/mol. The summed E-state index contributed by atoms with van der Waals surface area (Å²) in [6, 6.07) is 5.62. The molecule has 1 aliphatic heterocycles. The van der Waals surface area contributed by atoms with E-state index in [-0.39, 0.29) is 34.5 Å². The maximum Gasteiger partial charge on any atom is 0.446 e. The van der Waals surface area contributed by atoms with Gasteiger partial charge in [-0.2, -0.15) is 13.2 Å². The van der Waals surface area contributed by atoms with Crippen LogP contribution in [0.4, 0.5) is 23.7 Å². The Hall–Kier alpha value is -3.08. The number of aromatic nitrogens is 1. The molecule has 0 saturated carbocycles. The lowest BCUT2D eigenvalue weighted by Crippen LogP contribution is -2.43. The molecule has 3 amide bonds. The number of pyridine rings is 1. The molecule has 0 bridgehead atoms. The Morgan fingerprint density at radius 1 is 1.17 bits per heavy atom. The highest BCUT2D eigenvalue weighted by Gasteiger charge is 2.52. The average Bonchev–Trinajstić information content (AvgIpc) is 2.81. The number of anilines is 1. The number of carboxylic acids is 1. The minimum absolute atomic E-state index is 0.0793. The Labute approximate surface area is 173 Å². The van der Waals surface area contributed by atoms with Crippen molar-refractivity contribution in [2.75, 3.05) is 4.90 Å². The summed E-state index contributed by atoms with van der Waals surface area (Å²) < 4.78 is 37.5. The number of benzene rings is 1. The fourth-order valence-corrected chi connectivity index (χ4v) is 3.59. The molecule has 2 aromatic rings. The van der Waals surface area contributed by atoms with Gasteiger partial charge in [0.05, 0.1) is 11.3 Å². The van der Waals surface area contributed by atoms with E-state index in [1.165, 1.54) is 55.3 Å². The SMILES string of the molecule is CC1(C)C(=O)N(c2ccc(SC(F)(F)F)cc2)C(=O)N1Cc1ccncc1C(=O)O. The van der Waals surface area contributed by atoms with E-state index >= 15 is 0 Å². The van der Waals surface area contributed by atoms with Crippen molar-refractivity contribution in [3.8, 4) is 0 Å². The summed E-state index contributed by atoms with van der Waals surface area (Å²) >= 11 is -0.300. The van der Waals surface area contributed by atoms with Crippen LogP contribution in [0.1, 0.15) is 29.8 Å². The first-order valence-electron chi connectivity index (χ1n) is 8.60. The molecule has 1 fully saturated rings. The number of amides is 3. The number of nitrogens with zero attached hydrogens (tertiary/aromatic N) is 3. The van der Waals surface area contributed by atoms with Crippen molar-refractivity contribution in [2.45, 2.75) is 36.3 Å². The lowest BCUT2D eigenvalue weighted by Gasteiger charge is -2.28. The molecule has 0 aliphatic carbocycles. The van der Waals surface area contributed by atoms with Gasteiger partial charge in [0.1, 0.15) is 5.54 Å². The number of hydrogen-bond donors (Lipinski definition) is 1. The molecule has 7 nitrogen and oxygen atoms in total. The van der Waals surface area contributed by atoms with Gasteiger partial charge in [0.15, 0.2) is 0 Å². The fourth-order valence-electron chi connectivity index (χ4n) is 3.05. The molecule has 0 spiro atoms. The van der Waals surface area contributed by atoms with Crippen LogP contribution in [0.2, 0.25) is 0 Å². The number of aromatic carboxylic acids is 1. The van der Waals surface area contributed by atoms with Gasteiger partial charge in [-0.05, 0) is 61.5 Å². The fraction of sp³-hybridized carbons (Fsp3) is 0.263. The average molecular weight is 439 g/mol. The number of hydrogen-bond acceptors (Lipinski definition) is 5. The molecule has 0 radical (unpaired) electrons. The van der Waals surface area contributed by atoms with E-state index in [0.29, 0.717) is 5.56 Å². The number of halogens is 3. The van der Waals surface area contributed by atoms with Crippen LogP contribution in [0, 0.1) is 0 Å². The largest absolute Gasteiger partial charge is 0.478 e. The lowest BCUT2D eigenvalue weighted by molar-refractivity contribution is -0.123. The van der Waals surface area contributed by atoms with Gasteiger partial charge >= 0.3 is 17.5 Å². The van der Waals surface area contributed by atoms with Crippen LogP contribution < -0.4 is 4.90 Å². The van der Waals surface area contributed by atoms with Crippen molar-refractivity contribution in [3.05, 3.63) is 53.9 Å². The maximum absolute atomic E-state index is 13.0. The minimum Gasteiger partial charge on any atom is -0.478 e. The zero-order valence-electron chi connectivity index (χ0n) is 15.8. The van der Waals surface area contributed by atoms with Gasteiger partial charge in [-0.15, -0.1) is 0 Å². The Balaban J connectivity index is 1.90. The van der Waals surface area contributed by atoms with Crippen molar-refractivity contribution in [2.24, 2.45) is 0 Å². The van der Waals surface area contributed by atoms with Crippen molar-refractivity contribution < 1.29 is 32.7 Å². The molecular weight excluding hydrogens is 423 g/mol. The summed E-state index contributed by atoms with van der Waals surface area (Å²) in [4.78, 5) is 43.1. The van der Waals surface area contributed by atoms with Gasteiger partial charge in [-0.25, -0.2) is 14.5 Å². The van der Waals surface area contributed by atoms with Crippen LogP contribution in [0.5, 0.6) is 0 Å². The molecule has 0 unspecified atom stereocenters. The maximum atomic E-state index is 13.0. The number of carbonyl (C=O) groups excluding carboxylic acids is 2. The number of carbonyl (C=O) groups is 3. The first kappa shape index (κ1) is 21.6. The van der Waals surface area contributed by atoms with Crippen molar-refractivity contribution in [1.82, 2.24) is 9.88 Å². The van der Waals surface area contributed by atoms with Gasteiger partial charge in [0, 0.05) is 23.8 Å². The molecular formula is C19H16F3N3O4S. The number of carboxylic acid groups (broad SMARTS) is 1. The van der Waals surface area contributed by atoms with Crippen LogP contribution in [-0.4, -0.2) is 43.9 Å². The molecule has 3 rings (SSSR count). The number of thioether (sulfide) groups is 1. The first-order valence-corrected chi connectivity index (χ1v) is 9.41. The highest BCUT2D eigenvalue weighted by atomic mass is 32.2. The molecule has 1 aromatic carbocycles. The second-order valence-corrected chi connectivity index (χ2v) is 8.09. The molecule has 1 aromatic heterocycles. The van der Waals surface area contributed by atoms with E-state index in [4.69, 9.17) is 0 Å². The van der Waals surface area contributed by atoms with Crippen LogP contribution in [-0.2, 0) is 11.3 Å². The van der Waals surface area contributed by atoms with Gasteiger partial charge in [0.25, 0.3) is 5.91 Å². The van der Waals surface area contributed by atoms with E-state index in [1.807, 2.05) is 0 Å². The summed E-state index contributed by atoms with van der Waals surface area (Å²) in [7, 11) is 0. The molecule has 1 saturated heterocycles. The standard InChI is InChI=1S/C19H16F3N3O4S/c1-18(2)16(28)25(12-3-5-13(6-4-12)30-19(20,21)22)17(29)24(18)10-11-7-8-23-9-14(11)15(26)27/h3-9H,10H2,1-2H3,(H,26,27). The van der Waals surface area contributed by atoms with E-state index < -0.39 is 29.0 Å². The van der Waals surface area contributed by atoms with Gasteiger partial charge < -0.3 is 10.0 Å². The Kier molecular flexibility index (Phi) is 5.50. The van der Waals surface area contributed by atoms with Gasteiger partial charge in [-0.1, -0.05) is 0 Å². The molecule has 1 aliphatic rings. The minimum atomic E-state index is -4.45. The quantitative estimate of drug-likeness (QED) is 0.556. The highest BCUT2D eigenvalue weighted by molar-refractivity contribution is 8.00. The first-order chi connectivity index (χ1) is 13.9. The number of rotatable bonds is 5. The Bertz CT molecular complexity index is 1010. The summed E-state index contributed by atoms with van der Waals surface area (Å²) in [5.41, 5.74) is -5.42. The summed E-state index contributed by atoms with van der Waals surface area (Å²) in [5.74, 6) is -1.79. The summed E-state index contributed by atoms with van der Waals surface area (Å²) in [6.07, 6.45) is 2.54. The van der Waals surface area contributed by atoms with Crippen LogP contribution >= 0.6 is 11.8 Å². The molecule has 0 atom stereocenters. The monoisotopic (exact) mass is 439 g/mol. The molecule has 1 N–H and O–H groups in total. The third-order valence-electron chi connectivity index (χ3n) is 4.62. The second kappa shape index (κ2) is 7.63. The van der Waals surface area contributed by atoms with E-state index in [9.17, 15) is 32.7 Å². The highest BCUT2D eigenvalue weighted by Crippen LogP contribution is 2.39. The third-order valence-corrected chi connectivity index (χ3v) is 5.36. The third kappa shape index (κ3) is 4.11. The summed E-state index contributed by atoms with van der Waals surface area (Å²) in [5, 5.41) is 9.32. The van der Waals surface area contributed by atoms with Crippen molar-refractivity contribution in [1.29, 1.82) is 0 Å². The van der Waals surface area contributed by atoms with Gasteiger partial charge in [-0.3, -0.25) is 9.78 Å². The topological polar surface area (TPSA) is 90.8 Å². The number of alkyl halides is 3. The smallest absolute Gasteiger partial charge is 0.446 e. The zero-order valence-corrected chi connectivity index (χ0v) is 16.6. The lowest BCUT2D eigenvalue weighted by atomic mass is 10.0. The van der Waals surface area contributed by atoms with Crippen LogP contribution in [0.3, 0.4) is 0 Å². The number of imide groups is 1. The van der Waals surface area contributed by atoms with Crippen molar-refractivity contribution >= 4 is 35.4 Å². The normalized spacial score (nSPS) is 16.3. The van der Waals surface area contributed by atoms with E-state index in [0.717, 1.165) is 11.1 Å². The van der Waals surface area contributed by atoms with Gasteiger partial charge in [0.2, 0.25) is 0 Å². The van der Waals surface area contributed by atoms with E-state index in [1.54, 1.807) is 0 Å². The van der Waals surface area contributed by atoms with Crippen molar-refractivity contribution in [3.63, 3.8) is 0 Å². The van der Waals surface area contributed by atoms with Crippen LogP contribution in [0.15, 0.2) is 47.6 Å². The molecule has 2 heterocycles. The second-order valence-electron chi connectivity index (χ2n) is 6.95. The predicted octanol–water partition coefficient (Wildman–Crippen LogP) is 4.14. The number of urea groups is 1.